The first-order valence-corrected chi connectivity index (χ1v) is 5.17. The number of carbonyl (C=O) groups is 1. The highest BCUT2D eigenvalue weighted by atomic mass is 16.1. The predicted octanol–water partition coefficient (Wildman–Crippen LogP) is 3.57. The van der Waals surface area contributed by atoms with Crippen molar-refractivity contribution in [2.45, 2.75) is 0 Å². The van der Waals surface area contributed by atoms with Crippen molar-refractivity contribution in [3.05, 3.63) is 66.2 Å². The Kier molecular flexibility index (Phi) is 3.29. The number of carbonyl (C=O) groups excluding carboxylic acids is 1. The van der Waals surface area contributed by atoms with Crippen LogP contribution in [0.3, 0.4) is 0 Å². The van der Waals surface area contributed by atoms with Gasteiger partial charge in [0.15, 0.2) is 0 Å². The number of rotatable bonds is 3. The van der Waals surface area contributed by atoms with Crippen molar-refractivity contribution < 1.29 is 4.79 Å². The van der Waals surface area contributed by atoms with Crippen molar-refractivity contribution in [1.29, 1.82) is 0 Å². The molecule has 0 aromatic heterocycles. The monoisotopic (exact) mass is 208 g/mol. The quantitative estimate of drug-likeness (QED) is 0.556. The first-order chi connectivity index (χ1) is 7.90. The van der Waals surface area contributed by atoms with Crippen LogP contribution in [0.15, 0.2) is 60.7 Å². The van der Waals surface area contributed by atoms with E-state index in [-0.39, 0.29) is 0 Å². The van der Waals surface area contributed by atoms with Crippen LogP contribution in [-0.2, 0) is 4.79 Å². The molecule has 2 aromatic rings. The van der Waals surface area contributed by atoms with Crippen LogP contribution >= 0.6 is 0 Å². The Labute approximate surface area is 95.1 Å². The standard InChI is InChI=1S/C15H12O/c16-12-4-5-13-8-10-15(11-9-13)14-6-2-1-3-7-14/h1-12H. The summed E-state index contributed by atoms with van der Waals surface area (Å²) in [5, 5.41) is 0. The lowest BCUT2D eigenvalue weighted by Gasteiger charge is -2.01. The molecule has 16 heavy (non-hydrogen) atoms. The minimum Gasteiger partial charge on any atom is -0.299 e. The molecule has 78 valence electrons. The van der Waals surface area contributed by atoms with Crippen molar-refractivity contribution in [2.24, 2.45) is 0 Å². The van der Waals surface area contributed by atoms with Crippen molar-refractivity contribution in [1.82, 2.24) is 0 Å². The molecule has 0 bridgehead atoms. The molecule has 0 unspecified atom stereocenters. The van der Waals surface area contributed by atoms with Crippen LogP contribution in [0.25, 0.3) is 17.2 Å². The molecule has 0 heterocycles. The van der Waals surface area contributed by atoms with Gasteiger partial charge in [-0.3, -0.25) is 4.79 Å². The van der Waals surface area contributed by atoms with Gasteiger partial charge in [-0.1, -0.05) is 60.7 Å². The van der Waals surface area contributed by atoms with Gasteiger partial charge in [0.05, 0.1) is 0 Å². The van der Waals surface area contributed by atoms with Crippen molar-refractivity contribution >= 4 is 12.4 Å². The number of hydrogen-bond donors (Lipinski definition) is 0. The molecule has 2 rings (SSSR count). The van der Waals surface area contributed by atoms with E-state index >= 15 is 0 Å². The molecule has 0 atom stereocenters. The fourth-order valence-electron chi connectivity index (χ4n) is 1.57. The summed E-state index contributed by atoms with van der Waals surface area (Å²) >= 11 is 0. The van der Waals surface area contributed by atoms with Crippen molar-refractivity contribution in [2.75, 3.05) is 0 Å². The Morgan fingerprint density at radius 2 is 1.38 bits per heavy atom. The Bertz CT molecular complexity index is 481. The minimum atomic E-state index is 0.783. The Hall–Kier alpha value is -2.15. The number of allylic oxidation sites excluding steroid dienone is 1. The molecule has 1 heteroatoms. The van der Waals surface area contributed by atoms with Crippen molar-refractivity contribution in [3.8, 4) is 11.1 Å². The van der Waals surface area contributed by atoms with E-state index in [4.69, 9.17) is 0 Å². The third-order valence-corrected chi connectivity index (χ3v) is 2.39. The third kappa shape index (κ3) is 2.45. The van der Waals surface area contributed by atoms with Crippen molar-refractivity contribution in [3.63, 3.8) is 0 Å². The second-order valence-corrected chi connectivity index (χ2v) is 3.48. The second-order valence-electron chi connectivity index (χ2n) is 3.48. The maximum atomic E-state index is 10.2. The van der Waals surface area contributed by atoms with Gasteiger partial charge in [0.25, 0.3) is 0 Å². The maximum absolute atomic E-state index is 10.2. The molecule has 0 fully saturated rings. The summed E-state index contributed by atoms with van der Waals surface area (Å²) in [6.45, 7) is 0. The first-order valence-electron chi connectivity index (χ1n) is 5.17. The van der Waals surface area contributed by atoms with E-state index in [1.54, 1.807) is 6.08 Å². The van der Waals surface area contributed by atoms with E-state index in [2.05, 4.69) is 24.3 Å². The molecule has 0 saturated heterocycles. The van der Waals surface area contributed by atoms with E-state index in [0.29, 0.717) is 0 Å². The third-order valence-electron chi connectivity index (χ3n) is 2.39. The Balaban J connectivity index is 2.26. The molecule has 0 spiro atoms. The zero-order valence-corrected chi connectivity index (χ0v) is 8.84. The highest BCUT2D eigenvalue weighted by Gasteiger charge is 1.95. The van der Waals surface area contributed by atoms with Gasteiger partial charge >= 0.3 is 0 Å². The van der Waals surface area contributed by atoms with E-state index in [9.17, 15) is 4.79 Å². The van der Waals surface area contributed by atoms with E-state index in [0.717, 1.165) is 11.8 Å². The molecule has 0 aliphatic heterocycles. The van der Waals surface area contributed by atoms with Crippen LogP contribution in [-0.4, -0.2) is 6.29 Å². The van der Waals surface area contributed by atoms with Crippen LogP contribution in [0.1, 0.15) is 5.56 Å². The zero-order valence-electron chi connectivity index (χ0n) is 8.84. The van der Waals surface area contributed by atoms with E-state index < -0.39 is 0 Å². The summed E-state index contributed by atoms with van der Waals surface area (Å²) < 4.78 is 0. The van der Waals surface area contributed by atoms with Crippen LogP contribution in [0.2, 0.25) is 0 Å². The molecule has 0 saturated carbocycles. The number of aldehydes is 1. The normalized spacial score (nSPS) is 10.5. The fourth-order valence-corrected chi connectivity index (χ4v) is 1.57. The molecule has 0 N–H and O–H groups in total. The second kappa shape index (κ2) is 5.08. The molecular weight excluding hydrogens is 196 g/mol. The molecule has 0 aliphatic rings. The van der Waals surface area contributed by atoms with Gasteiger partial charge in [0.2, 0.25) is 0 Å². The number of benzene rings is 2. The molecule has 1 nitrogen and oxygen atoms in total. The predicted molar refractivity (Wildman–Crippen MR) is 67.0 cm³/mol. The maximum Gasteiger partial charge on any atom is 0.142 e. The average molecular weight is 208 g/mol. The van der Waals surface area contributed by atoms with Gasteiger partial charge in [-0.2, -0.15) is 0 Å². The molecule has 0 radical (unpaired) electrons. The lowest BCUT2D eigenvalue weighted by Crippen LogP contribution is -1.77. The van der Waals surface area contributed by atoms with Gasteiger partial charge in [0, 0.05) is 0 Å². The van der Waals surface area contributed by atoms with Gasteiger partial charge in [-0.15, -0.1) is 0 Å². The molecule has 0 aliphatic carbocycles. The van der Waals surface area contributed by atoms with Gasteiger partial charge < -0.3 is 0 Å². The SMILES string of the molecule is O=CC=Cc1ccc(-c2ccccc2)cc1. The molecule has 2 aromatic carbocycles. The van der Waals surface area contributed by atoms with E-state index in [1.807, 2.05) is 30.3 Å². The van der Waals surface area contributed by atoms with Crippen LogP contribution in [0.5, 0.6) is 0 Å². The summed E-state index contributed by atoms with van der Waals surface area (Å²) in [5.74, 6) is 0. The van der Waals surface area contributed by atoms with Crippen LogP contribution in [0.4, 0.5) is 0 Å². The summed E-state index contributed by atoms with van der Waals surface area (Å²) in [7, 11) is 0. The fraction of sp³-hybridized carbons (Fsp3) is 0. The van der Waals surface area contributed by atoms with E-state index in [1.165, 1.54) is 17.2 Å². The number of hydrogen-bond acceptors (Lipinski definition) is 1. The molecule has 0 amide bonds. The van der Waals surface area contributed by atoms with Gasteiger partial charge in [0.1, 0.15) is 6.29 Å². The average Bonchev–Trinajstić information content (AvgIpc) is 2.38. The van der Waals surface area contributed by atoms with Crippen LogP contribution in [0, 0.1) is 0 Å². The topological polar surface area (TPSA) is 17.1 Å². The lowest BCUT2D eigenvalue weighted by atomic mass is 10.0. The smallest absolute Gasteiger partial charge is 0.142 e. The molecular formula is C15H12O. The Morgan fingerprint density at radius 3 is 2.00 bits per heavy atom. The minimum absolute atomic E-state index is 0.783. The highest BCUT2D eigenvalue weighted by molar-refractivity contribution is 5.74. The summed E-state index contributed by atoms with van der Waals surface area (Å²) in [5.41, 5.74) is 3.42. The van der Waals surface area contributed by atoms with Gasteiger partial charge in [-0.25, -0.2) is 0 Å². The summed E-state index contributed by atoms with van der Waals surface area (Å²) in [4.78, 5) is 10.2. The summed E-state index contributed by atoms with van der Waals surface area (Å²) in [6, 6.07) is 18.3. The largest absolute Gasteiger partial charge is 0.299 e. The Morgan fingerprint density at radius 1 is 0.750 bits per heavy atom. The van der Waals surface area contributed by atoms with Crippen LogP contribution < -0.4 is 0 Å². The van der Waals surface area contributed by atoms with Gasteiger partial charge in [-0.05, 0) is 22.8 Å². The zero-order chi connectivity index (χ0) is 11.2. The first kappa shape index (κ1) is 10.4. The lowest BCUT2D eigenvalue weighted by molar-refractivity contribution is -0.104. The highest BCUT2D eigenvalue weighted by Crippen LogP contribution is 2.19. The summed E-state index contributed by atoms with van der Waals surface area (Å²) in [6.07, 6.45) is 4.07.